The highest BCUT2D eigenvalue weighted by molar-refractivity contribution is 7.89. The summed E-state index contributed by atoms with van der Waals surface area (Å²) in [6.45, 7) is 4.57. The zero-order valence-corrected chi connectivity index (χ0v) is 16.6. The van der Waals surface area contributed by atoms with Crippen LogP contribution in [0.5, 0.6) is 0 Å². The van der Waals surface area contributed by atoms with E-state index in [1.807, 2.05) is 38.1 Å². The number of anilines is 3. The third-order valence-electron chi connectivity index (χ3n) is 4.09. The summed E-state index contributed by atoms with van der Waals surface area (Å²) in [4.78, 5) is 9.03. The van der Waals surface area contributed by atoms with Crippen LogP contribution in [0.1, 0.15) is 16.8 Å². The second-order valence-corrected chi connectivity index (χ2v) is 8.14. The first-order chi connectivity index (χ1) is 13.3. The van der Waals surface area contributed by atoms with Gasteiger partial charge in [-0.1, -0.05) is 24.3 Å². The summed E-state index contributed by atoms with van der Waals surface area (Å²) >= 11 is 0. The largest absolute Gasteiger partial charge is 0.354 e. The Hall–Kier alpha value is -2.97. The molecule has 0 saturated carbocycles. The van der Waals surface area contributed by atoms with Crippen molar-refractivity contribution in [3.63, 3.8) is 0 Å². The zero-order valence-electron chi connectivity index (χ0n) is 15.8. The first kappa shape index (κ1) is 19.8. The number of aryl methyl sites for hydroxylation is 2. The predicted octanol–water partition coefficient (Wildman–Crippen LogP) is 3.14. The molecule has 7 nitrogen and oxygen atoms in total. The Bertz CT molecular complexity index is 1070. The lowest BCUT2D eigenvalue weighted by molar-refractivity contribution is 0.598. The highest BCUT2D eigenvalue weighted by Crippen LogP contribution is 2.18. The average Bonchev–Trinajstić information content (AvgIpc) is 2.61. The Morgan fingerprint density at radius 1 is 1.00 bits per heavy atom. The number of aromatic nitrogens is 2. The fraction of sp³-hybridized carbons (Fsp3) is 0.200. The normalized spacial score (nSPS) is 11.2. The van der Waals surface area contributed by atoms with Crippen LogP contribution in [0.25, 0.3) is 0 Å². The predicted molar refractivity (Wildman–Crippen MR) is 111 cm³/mol. The summed E-state index contributed by atoms with van der Waals surface area (Å²) < 4.78 is 22.6. The van der Waals surface area contributed by atoms with E-state index in [1.165, 1.54) is 17.7 Å². The van der Waals surface area contributed by atoms with E-state index in [0.717, 1.165) is 22.8 Å². The number of nitrogens with two attached hydrogens (primary N) is 1. The summed E-state index contributed by atoms with van der Waals surface area (Å²) in [6, 6.07) is 16.5. The molecule has 0 aliphatic carbocycles. The lowest BCUT2D eigenvalue weighted by atomic mass is 10.1. The molecule has 0 bridgehead atoms. The van der Waals surface area contributed by atoms with Crippen LogP contribution in [0, 0.1) is 13.8 Å². The molecule has 8 heteroatoms. The molecule has 0 radical (unpaired) electrons. The molecule has 0 unspecified atom stereocenters. The van der Waals surface area contributed by atoms with Crippen LogP contribution in [0.15, 0.2) is 59.5 Å². The Morgan fingerprint density at radius 3 is 2.43 bits per heavy atom. The molecule has 4 N–H and O–H groups in total. The van der Waals surface area contributed by atoms with Gasteiger partial charge in [-0.05, 0) is 55.7 Å². The maximum absolute atomic E-state index is 11.3. The number of nitrogens with one attached hydrogen (secondary N) is 2. The van der Waals surface area contributed by atoms with Gasteiger partial charge >= 0.3 is 0 Å². The lowest BCUT2D eigenvalue weighted by Gasteiger charge is -2.10. The number of hydrogen-bond donors (Lipinski definition) is 3. The molecule has 3 aromatic rings. The van der Waals surface area contributed by atoms with Crippen LogP contribution in [-0.4, -0.2) is 24.9 Å². The molecular formula is C20H23N5O2S. The van der Waals surface area contributed by atoms with Gasteiger partial charge in [0.2, 0.25) is 16.0 Å². The summed E-state index contributed by atoms with van der Waals surface area (Å²) in [5.74, 6) is 1.26. The summed E-state index contributed by atoms with van der Waals surface area (Å²) in [5.41, 5.74) is 3.98. The number of nitrogens with zero attached hydrogens (tertiary/aromatic N) is 2. The van der Waals surface area contributed by atoms with Crippen molar-refractivity contribution in [2.24, 2.45) is 5.14 Å². The van der Waals surface area contributed by atoms with Crippen LogP contribution in [0.3, 0.4) is 0 Å². The second kappa shape index (κ2) is 8.37. The lowest BCUT2D eigenvalue weighted by Crippen LogP contribution is -2.12. The SMILES string of the molecule is Cc1cccc(Nc2cc(C)nc(NCCc3ccc(S(N)(=O)=O)cc3)n2)c1. The molecule has 1 aromatic heterocycles. The van der Waals surface area contributed by atoms with Crippen molar-refractivity contribution in [3.05, 3.63) is 71.4 Å². The minimum atomic E-state index is -3.66. The van der Waals surface area contributed by atoms with Gasteiger partial charge in [0, 0.05) is 24.0 Å². The van der Waals surface area contributed by atoms with E-state index < -0.39 is 10.0 Å². The van der Waals surface area contributed by atoms with Gasteiger partial charge in [0.1, 0.15) is 5.82 Å². The van der Waals surface area contributed by atoms with Gasteiger partial charge in [-0.25, -0.2) is 18.5 Å². The third-order valence-corrected chi connectivity index (χ3v) is 5.02. The molecule has 28 heavy (non-hydrogen) atoms. The van der Waals surface area contributed by atoms with Crippen molar-refractivity contribution in [1.29, 1.82) is 0 Å². The van der Waals surface area contributed by atoms with Crippen molar-refractivity contribution in [2.75, 3.05) is 17.2 Å². The average molecular weight is 398 g/mol. The van der Waals surface area contributed by atoms with Crippen molar-refractivity contribution in [1.82, 2.24) is 9.97 Å². The third kappa shape index (κ3) is 5.51. The van der Waals surface area contributed by atoms with E-state index >= 15 is 0 Å². The van der Waals surface area contributed by atoms with Crippen molar-refractivity contribution in [2.45, 2.75) is 25.2 Å². The maximum atomic E-state index is 11.3. The minimum Gasteiger partial charge on any atom is -0.354 e. The van der Waals surface area contributed by atoms with Crippen LogP contribution >= 0.6 is 0 Å². The van der Waals surface area contributed by atoms with Crippen molar-refractivity contribution in [3.8, 4) is 0 Å². The van der Waals surface area contributed by atoms with Crippen LogP contribution in [0.4, 0.5) is 17.5 Å². The van der Waals surface area contributed by atoms with Gasteiger partial charge in [-0.15, -0.1) is 0 Å². The highest BCUT2D eigenvalue weighted by atomic mass is 32.2. The zero-order chi connectivity index (χ0) is 20.1. The van der Waals surface area contributed by atoms with Crippen LogP contribution in [0.2, 0.25) is 0 Å². The first-order valence-electron chi connectivity index (χ1n) is 8.84. The molecule has 0 aliphatic heterocycles. The molecular weight excluding hydrogens is 374 g/mol. The van der Waals surface area contributed by atoms with Gasteiger partial charge in [-0.3, -0.25) is 0 Å². The standard InChI is InChI=1S/C20H23N5O2S/c1-14-4-3-5-17(12-14)24-19-13-15(2)23-20(25-19)22-11-10-16-6-8-18(9-7-16)28(21,26)27/h3-9,12-13H,10-11H2,1-2H3,(H2,21,26,27)(H2,22,23,24,25). The van der Waals surface area contributed by atoms with E-state index in [0.29, 0.717) is 18.9 Å². The van der Waals surface area contributed by atoms with Crippen molar-refractivity contribution < 1.29 is 8.42 Å². The fourth-order valence-corrected chi connectivity index (χ4v) is 3.26. The minimum absolute atomic E-state index is 0.109. The molecule has 0 saturated heterocycles. The topological polar surface area (TPSA) is 110 Å². The second-order valence-electron chi connectivity index (χ2n) is 6.58. The Morgan fingerprint density at radius 2 is 1.75 bits per heavy atom. The van der Waals surface area contributed by atoms with Gasteiger partial charge in [0.05, 0.1) is 4.90 Å². The molecule has 0 spiro atoms. The van der Waals surface area contributed by atoms with Gasteiger partial charge < -0.3 is 10.6 Å². The Kier molecular flexibility index (Phi) is 5.91. The van der Waals surface area contributed by atoms with E-state index in [2.05, 4.69) is 26.7 Å². The first-order valence-corrected chi connectivity index (χ1v) is 10.4. The summed E-state index contributed by atoms with van der Waals surface area (Å²) in [7, 11) is -3.66. The van der Waals surface area contributed by atoms with E-state index in [4.69, 9.17) is 5.14 Å². The monoisotopic (exact) mass is 397 g/mol. The smallest absolute Gasteiger partial charge is 0.238 e. The van der Waals surface area contributed by atoms with Gasteiger partial charge in [0.15, 0.2) is 0 Å². The van der Waals surface area contributed by atoms with Gasteiger partial charge in [0.25, 0.3) is 0 Å². The fourth-order valence-electron chi connectivity index (χ4n) is 2.75. The molecule has 0 fully saturated rings. The number of benzene rings is 2. The molecule has 2 aromatic carbocycles. The molecule has 1 heterocycles. The number of sulfonamides is 1. The number of primary sulfonamides is 1. The van der Waals surface area contributed by atoms with E-state index in [-0.39, 0.29) is 4.90 Å². The van der Waals surface area contributed by atoms with Crippen LogP contribution < -0.4 is 15.8 Å². The van der Waals surface area contributed by atoms with Crippen molar-refractivity contribution >= 4 is 27.5 Å². The highest BCUT2D eigenvalue weighted by Gasteiger charge is 2.07. The summed E-state index contributed by atoms with van der Waals surface area (Å²) in [6.07, 6.45) is 0.697. The summed E-state index contributed by atoms with van der Waals surface area (Å²) in [5, 5.41) is 11.6. The molecule has 0 amide bonds. The molecule has 3 rings (SSSR count). The quantitative estimate of drug-likeness (QED) is 0.565. The maximum Gasteiger partial charge on any atom is 0.238 e. The number of rotatable bonds is 7. The Labute approximate surface area is 165 Å². The molecule has 146 valence electrons. The molecule has 0 aliphatic rings. The van der Waals surface area contributed by atoms with E-state index in [9.17, 15) is 8.42 Å². The number of hydrogen-bond acceptors (Lipinski definition) is 6. The van der Waals surface area contributed by atoms with E-state index in [1.54, 1.807) is 12.1 Å². The molecule has 0 atom stereocenters. The van der Waals surface area contributed by atoms with Crippen LogP contribution in [-0.2, 0) is 16.4 Å². The Balaban J connectivity index is 1.62. The van der Waals surface area contributed by atoms with Gasteiger partial charge in [-0.2, -0.15) is 4.98 Å².